The lowest BCUT2D eigenvalue weighted by atomic mass is 10.1. The van der Waals surface area contributed by atoms with Gasteiger partial charge in [0.1, 0.15) is 0 Å². The van der Waals surface area contributed by atoms with E-state index in [4.69, 9.17) is 9.47 Å². The number of hydrogen-bond donors (Lipinski definition) is 0. The Morgan fingerprint density at radius 3 is 2.40 bits per heavy atom. The Bertz CT molecular complexity index is 347. The summed E-state index contributed by atoms with van der Waals surface area (Å²) < 4.78 is 10.0. The fourth-order valence-electron chi connectivity index (χ4n) is 2.07. The first-order chi connectivity index (χ1) is 7.29. The summed E-state index contributed by atoms with van der Waals surface area (Å²) in [6.07, 6.45) is -0.0279. The molecule has 3 nitrogen and oxygen atoms in total. The van der Waals surface area contributed by atoms with Crippen molar-refractivity contribution < 1.29 is 14.3 Å². The Kier molecular flexibility index (Phi) is 2.73. The second-order valence-corrected chi connectivity index (χ2v) is 3.69. The first-order valence-electron chi connectivity index (χ1n) is 4.95. The Morgan fingerprint density at radius 2 is 1.87 bits per heavy atom. The number of carbonyl (C=O) groups excluding carboxylic acids is 1. The van der Waals surface area contributed by atoms with Crippen LogP contribution in [0.25, 0.3) is 0 Å². The Hall–Kier alpha value is -1.35. The number of esters is 1. The smallest absolute Gasteiger partial charge is 0.312 e. The highest BCUT2D eigenvalue weighted by Crippen LogP contribution is 2.50. The number of carbonyl (C=O) groups is 1. The van der Waals surface area contributed by atoms with Crippen molar-refractivity contribution in [3.63, 3.8) is 0 Å². The molecule has 15 heavy (non-hydrogen) atoms. The first kappa shape index (κ1) is 10.2. The van der Waals surface area contributed by atoms with Gasteiger partial charge in [-0.1, -0.05) is 30.3 Å². The molecular weight excluding hydrogens is 192 g/mol. The highest BCUT2D eigenvalue weighted by atomic mass is 16.5. The van der Waals surface area contributed by atoms with Gasteiger partial charge >= 0.3 is 5.97 Å². The molecule has 0 aromatic heterocycles. The average molecular weight is 206 g/mol. The molecule has 3 atom stereocenters. The second-order valence-electron chi connectivity index (χ2n) is 3.69. The Balaban J connectivity index is 2.15. The van der Waals surface area contributed by atoms with Crippen LogP contribution in [-0.4, -0.2) is 26.3 Å². The third kappa shape index (κ3) is 1.75. The lowest BCUT2D eigenvalue weighted by Gasteiger charge is -1.97. The maximum atomic E-state index is 11.4. The molecule has 0 spiro atoms. The molecule has 0 bridgehead atoms. The molecular formula is C12H14O3. The molecule has 1 aliphatic rings. The van der Waals surface area contributed by atoms with Crippen molar-refractivity contribution in [2.75, 3.05) is 14.2 Å². The van der Waals surface area contributed by atoms with E-state index in [1.54, 1.807) is 7.11 Å². The number of methoxy groups -OCH3 is 2. The van der Waals surface area contributed by atoms with Crippen LogP contribution in [0.4, 0.5) is 0 Å². The van der Waals surface area contributed by atoms with Crippen LogP contribution in [0, 0.1) is 5.92 Å². The highest BCUT2D eigenvalue weighted by Gasteiger charge is 2.57. The molecule has 1 fully saturated rings. The van der Waals surface area contributed by atoms with Crippen molar-refractivity contribution >= 4 is 5.97 Å². The van der Waals surface area contributed by atoms with Crippen molar-refractivity contribution in [3.05, 3.63) is 35.9 Å². The zero-order valence-electron chi connectivity index (χ0n) is 8.84. The zero-order chi connectivity index (χ0) is 10.8. The van der Waals surface area contributed by atoms with Crippen LogP contribution in [0.1, 0.15) is 11.5 Å². The van der Waals surface area contributed by atoms with Gasteiger partial charge in [0.25, 0.3) is 0 Å². The van der Waals surface area contributed by atoms with Gasteiger partial charge < -0.3 is 9.47 Å². The molecule has 1 aromatic carbocycles. The van der Waals surface area contributed by atoms with E-state index < -0.39 is 0 Å². The number of rotatable bonds is 3. The maximum Gasteiger partial charge on any atom is 0.312 e. The molecule has 2 rings (SSSR count). The molecule has 1 aliphatic carbocycles. The van der Waals surface area contributed by atoms with E-state index in [1.807, 2.05) is 30.3 Å². The van der Waals surface area contributed by atoms with Gasteiger partial charge in [0.05, 0.1) is 19.1 Å². The fourth-order valence-corrected chi connectivity index (χ4v) is 2.07. The number of hydrogen-bond acceptors (Lipinski definition) is 3. The monoisotopic (exact) mass is 206 g/mol. The van der Waals surface area contributed by atoms with Crippen LogP contribution in [0.2, 0.25) is 0 Å². The molecule has 0 heterocycles. The van der Waals surface area contributed by atoms with Gasteiger partial charge in [-0.25, -0.2) is 0 Å². The minimum atomic E-state index is -0.185. The highest BCUT2D eigenvalue weighted by molar-refractivity contribution is 5.79. The van der Waals surface area contributed by atoms with E-state index in [0.717, 1.165) is 5.56 Å². The predicted octanol–water partition coefficient (Wildman–Crippen LogP) is 1.59. The van der Waals surface area contributed by atoms with E-state index in [2.05, 4.69) is 0 Å². The lowest BCUT2D eigenvalue weighted by Crippen LogP contribution is -2.07. The normalized spacial score (nSPS) is 28.5. The summed E-state index contributed by atoms with van der Waals surface area (Å²) in [5, 5.41) is 0. The molecule has 1 saturated carbocycles. The predicted molar refractivity (Wildman–Crippen MR) is 55.5 cm³/mol. The first-order valence-corrected chi connectivity index (χ1v) is 4.95. The summed E-state index contributed by atoms with van der Waals surface area (Å²) in [6, 6.07) is 9.92. The summed E-state index contributed by atoms with van der Waals surface area (Å²) >= 11 is 0. The minimum absolute atomic E-state index is 0.0279. The van der Waals surface area contributed by atoms with E-state index in [0.29, 0.717) is 0 Å². The van der Waals surface area contributed by atoms with Crippen molar-refractivity contribution in [3.8, 4) is 0 Å². The van der Waals surface area contributed by atoms with Gasteiger partial charge in [-0.2, -0.15) is 0 Å². The van der Waals surface area contributed by atoms with Crippen molar-refractivity contribution in [1.82, 2.24) is 0 Å². The zero-order valence-corrected chi connectivity index (χ0v) is 8.84. The summed E-state index contributed by atoms with van der Waals surface area (Å²) in [7, 11) is 3.04. The summed E-state index contributed by atoms with van der Waals surface area (Å²) in [5.74, 6) is -0.165. The Labute approximate surface area is 89.0 Å². The molecule has 0 N–H and O–H groups in total. The van der Waals surface area contributed by atoms with E-state index in [1.165, 1.54) is 7.11 Å². The van der Waals surface area contributed by atoms with E-state index >= 15 is 0 Å². The van der Waals surface area contributed by atoms with E-state index in [-0.39, 0.29) is 23.9 Å². The maximum absolute atomic E-state index is 11.4. The minimum Gasteiger partial charge on any atom is -0.469 e. The molecule has 1 aromatic rings. The number of benzene rings is 1. The molecule has 3 heteroatoms. The Morgan fingerprint density at radius 1 is 1.20 bits per heavy atom. The second kappa shape index (κ2) is 4.03. The van der Waals surface area contributed by atoms with Gasteiger partial charge in [0, 0.05) is 13.0 Å². The molecule has 0 aliphatic heterocycles. The van der Waals surface area contributed by atoms with Crippen LogP contribution in [0.15, 0.2) is 30.3 Å². The van der Waals surface area contributed by atoms with Gasteiger partial charge in [-0.3, -0.25) is 4.79 Å². The van der Waals surface area contributed by atoms with Gasteiger partial charge in [0.2, 0.25) is 0 Å². The molecule has 0 amide bonds. The third-order valence-electron chi connectivity index (χ3n) is 2.88. The van der Waals surface area contributed by atoms with Crippen molar-refractivity contribution in [2.24, 2.45) is 5.92 Å². The van der Waals surface area contributed by atoms with Gasteiger partial charge in [0.15, 0.2) is 0 Å². The van der Waals surface area contributed by atoms with E-state index in [9.17, 15) is 4.79 Å². The molecule has 0 radical (unpaired) electrons. The molecule has 0 saturated heterocycles. The van der Waals surface area contributed by atoms with Gasteiger partial charge in [-0.15, -0.1) is 0 Å². The molecule has 3 unspecified atom stereocenters. The third-order valence-corrected chi connectivity index (χ3v) is 2.88. The van der Waals surface area contributed by atoms with Crippen molar-refractivity contribution in [1.29, 1.82) is 0 Å². The van der Waals surface area contributed by atoms with Gasteiger partial charge in [-0.05, 0) is 5.56 Å². The van der Waals surface area contributed by atoms with Crippen LogP contribution in [-0.2, 0) is 14.3 Å². The fraction of sp³-hybridized carbons (Fsp3) is 0.417. The SMILES string of the molecule is COC(=O)C1C(OC)C1c1ccccc1. The summed E-state index contributed by atoms with van der Waals surface area (Å²) in [5.41, 5.74) is 1.14. The van der Waals surface area contributed by atoms with Crippen molar-refractivity contribution in [2.45, 2.75) is 12.0 Å². The summed E-state index contributed by atoms with van der Waals surface area (Å²) in [6.45, 7) is 0. The quantitative estimate of drug-likeness (QED) is 0.704. The van der Waals surface area contributed by atoms with Crippen LogP contribution in [0.5, 0.6) is 0 Å². The largest absolute Gasteiger partial charge is 0.469 e. The lowest BCUT2D eigenvalue weighted by molar-refractivity contribution is -0.143. The molecule has 80 valence electrons. The topological polar surface area (TPSA) is 35.5 Å². The van der Waals surface area contributed by atoms with Crippen LogP contribution >= 0.6 is 0 Å². The van der Waals surface area contributed by atoms with Crippen LogP contribution in [0.3, 0.4) is 0 Å². The average Bonchev–Trinajstić information content (AvgIpc) is 3.03. The van der Waals surface area contributed by atoms with Crippen LogP contribution < -0.4 is 0 Å². The number of ether oxygens (including phenoxy) is 2. The standard InChI is InChI=1S/C12H14O3/c1-14-11-9(10(11)12(13)15-2)8-6-4-3-5-7-8/h3-7,9-11H,1-2H3. The summed E-state index contributed by atoms with van der Waals surface area (Å²) in [4.78, 5) is 11.4.